The fourth-order valence-corrected chi connectivity index (χ4v) is 3.95. The third kappa shape index (κ3) is 4.02. The van der Waals surface area contributed by atoms with Crippen molar-refractivity contribution in [1.29, 1.82) is 0 Å². The molecule has 0 radical (unpaired) electrons. The Morgan fingerprint density at radius 3 is 2.38 bits per heavy atom. The molecule has 1 aromatic carbocycles. The average Bonchev–Trinajstić information content (AvgIpc) is 3.25. The van der Waals surface area contributed by atoms with Gasteiger partial charge in [-0.25, -0.2) is 0 Å². The fraction of sp³-hybridized carbons (Fsp3) is 0.636. The monoisotopic (exact) mass is 404 g/mol. The first kappa shape index (κ1) is 20.6. The van der Waals surface area contributed by atoms with Crippen LogP contribution < -0.4 is 4.74 Å². The minimum absolute atomic E-state index is 0.295. The van der Waals surface area contributed by atoms with Crippen LogP contribution in [0.25, 0.3) is 0 Å². The molecule has 29 heavy (non-hydrogen) atoms. The first-order chi connectivity index (χ1) is 13.6. The molecule has 3 aliphatic rings. The lowest BCUT2D eigenvalue weighted by atomic mass is 9.89. The van der Waals surface area contributed by atoms with Gasteiger partial charge in [-0.3, -0.25) is 0 Å². The van der Waals surface area contributed by atoms with Crippen molar-refractivity contribution in [3.8, 4) is 17.6 Å². The van der Waals surface area contributed by atoms with Gasteiger partial charge in [0.25, 0.3) is 0 Å². The molecule has 3 aliphatic heterocycles. The van der Waals surface area contributed by atoms with E-state index in [1.54, 1.807) is 21.0 Å². The molecule has 1 N–H and O–H groups in total. The van der Waals surface area contributed by atoms with Gasteiger partial charge in [-0.05, 0) is 45.4 Å². The predicted molar refractivity (Wildman–Crippen MR) is 103 cm³/mol. The molecule has 0 unspecified atom stereocenters. The number of fused-ring (bicyclic) bond motifs is 1. The lowest BCUT2D eigenvalue weighted by molar-refractivity contribution is -0.240. The molecule has 5 atom stereocenters. The molecule has 7 heteroatoms. The summed E-state index contributed by atoms with van der Waals surface area (Å²) >= 11 is 0. The highest BCUT2D eigenvalue weighted by Crippen LogP contribution is 2.45. The van der Waals surface area contributed by atoms with Gasteiger partial charge in [0, 0.05) is 6.42 Å². The zero-order valence-electron chi connectivity index (χ0n) is 17.4. The highest BCUT2D eigenvalue weighted by atomic mass is 16.8. The first-order valence-corrected chi connectivity index (χ1v) is 9.80. The van der Waals surface area contributed by atoms with Crippen molar-refractivity contribution in [2.24, 2.45) is 0 Å². The van der Waals surface area contributed by atoms with Crippen LogP contribution in [0.1, 0.15) is 33.3 Å². The summed E-state index contributed by atoms with van der Waals surface area (Å²) in [7, 11) is 1.63. The lowest BCUT2D eigenvalue weighted by Gasteiger charge is -2.32. The first-order valence-electron chi connectivity index (χ1n) is 9.80. The molecule has 0 aromatic heterocycles. The summed E-state index contributed by atoms with van der Waals surface area (Å²) in [5, 5.41) is 11.6. The van der Waals surface area contributed by atoms with E-state index in [9.17, 15) is 5.11 Å². The zero-order chi connectivity index (χ0) is 20.9. The smallest absolute Gasteiger partial charge is 0.191 e. The van der Waals surface area contributed by atoms with Crippen LogP contribution in [0.15, 0.2) is 24.3 Å². The third-order valence-corrected chi connectivity index (χ3v) is 5.31. The molecule has 0 amide bonds. The van der Waals surface area contributed by atoms with Gasteiger partial charge in [-0.2, -0.15) is 0 Å². The van der Waals surface area contributed by atoms with E-state index in [-0.39, 0.29) is 0 Å². The molecule has 3 saturated heterocycles. The summed E-state index contributed by atoms with van der Waals surface area (Å²) in [4.78, 5) is 0. The Hall–Kier alpha value is -1.66. The van der Waals surface area contributed by atoms with Crippen LogP contribution in [0, 0.1) is 11.8 Å². The molecule has 0 aliphatic carbocycles. The molecule has 3 fully saturated rings. The van der Waals surface area contributed by atoms with Gasteiger partial charge in [0.15, 0.2) is 29.6 Å². The fourth-order valence-electron chi connectivity index (χ4n) is 3.95. The second-order valence-corrected chi connectivity index (χ2v) is 8.50. The van der Waals surface area contributed by atoms with Crippen molar-refractivity contribution in [2.45, 2.75) is 75.9 Å². The number of hydrogen-bond donors (Lipinski definition) is 1. The predicted octanol–water partition coefficient (Wildman–Crippen LogP) is 2.00. The molecule has 4 rings (SSSR count). The van der Waals surface area contributed by atoms with Crippen molar-refractivity contribution < 1.29 is 33.5 Å². The van der Waals surface area contributed by atoms with E-state index in [2.05, 4.69) is 11.8 Å². The minimum atomic E-state index is -1.58. The summed E-state index contributed by atoms with van der Waals surface area (Å²) < 4.78 is 34.6. The van der Waals surface area contributed by atoms with Crippen LogP contribution in [0.4, 0.5) is 0 Å². The largest absolute Gasteiger partial charge is 0.497 e. The second kappa shape index (κ2) is 7.24. The molecule has 0 spiro atoms. The Labute approximate surface area is 171 Å². The summed E-state index contributed by atoms with van der Waals surface area (Å²) in [6, 6.07) is 7.65. The molecule has 7 nitrogen and oxygen atoms in total. The van der Waals surface area contributed by atoms with E-state index in [4.69, 9.17) is 28.4 Å². The number of ether oxygens (including phenoxy) is 6. The maximum Gasteiger partial charge on any atom is 0.191 e. The maximum absolute atomic E-state index is 11.6. The van der Waals surface area contributed by atoms with Crippen molar-refractivity contribution in [2.75, 3.05) is 13.7 Å². The van der Waals surface area contributed by atoms with Gasteiger partial charge >= 0.3 is 0 Å². The van der Waals surface area contributed by atoms with Gasteiger partial charge in [0.2, 0.25) is 0 Å². The topological polar surface area (TPSA) is 75.6 Å². The van der Waals surface area contributed by atoms with E-state index in [1.807, 2.05) is 38.1 Å². The molecule has 0 saturated carbocycles. The van der Waals surface area contributed by atoms with Crippen molar-refractivity contribution >= 4 is 0 Å². The van der Waals surface area contributed by atoms with Crippen LogP contribution in [0.3, 0.4) is 0 Å². The average molecular weight is 404 g/mol. The quantitative estimate of drug-likeness (QED) is 0.773. The second-order valence-electron chi connectivity index (χ2n) is 8.50. The van der Waals surface area contributed by atoms with E-state index in [0.29, 0.717) is 13.0 Å². The van der Waals surface area contributed by atoms with Gasteiger partial charge < -0.3 is 33.5 Å². The van der Waals surface area contributed by atoms with Crippen LogP contribution >= 0.6 is 0 Å². The molecular formula is C22H28O7. The van der Waals surface area contributed by atoms with Gasteiger partial charge in [-0.1, -0.05) is 24.0 Å². The summed E-state index contributed by atoms with van der Waals surface area (Å²) in [5.74, 6) is 5.27. The number of benzene rings is 1. The van der Waals surface area contributed by atoms with Crippen molar-refractivity contribution in [1.82, 2.24) is 0 Å². The van der Waals surface area contributed by atoms with E-state index in [1.165, 1.54) is 0 Å². The number of methoxy groups -OCH3 is 1. The Balaban J connectivity index is 1.57. The van der Waals surface area contributed by atoms with Gasteiger partial charge in [-0.15, -0.1) is 0 Å². The third-order valence-electron chi connectivity index (χ3n) is 5.31. The van der Waals surface area contributed by atoms with Gasteiger partial charge in [0.1, 0.15) is 18.0 Å². The molecular weight excluding hydrogens is 376 g/mol. The van der Waals surface area contributed by atoms with E-state index >= 15 is 0 Å². The Kier molecular flexibility index (Phi) is 5.14. The Bertz CT molecular complexity index is 807. The summed E-state index contributed by atoms with van der Waals surface area (Å²) in [6.45, 7) is 7.52. The van der Waals surface area contributed by atoms with E-state index in [0.717, 1.165) is 11.3 Å². The SMILES string of the molecule is COc1ccc(CC#C[C@@]2(O)[C@@H]([C@H]3COC(C)(C)O3)O[C@@H]3OC(C)(C)O[C@@H]32)cc1. The standard InChI is InChI=1S/C22H28O7/c1-20(2)25-13-16(27-20)17-22(23,18-19(26-17)29-21(3,4)28-18)12-6-7-14-8-10-15(24-5)11-9-14/h8-11,16-19,23H,7,13H2,1-5H3/t16-,17-,18+,19-,22-/m1/s1. The summed E-state index contributed by atoms with van der Waals surface area (Å²) in [5.41, 5.74) is -0.571. The van der Waals surface area contributed by atoms with E-state index < -0.39 is 41.8 Å². The van der Waals surface area contributed by atoms with Crippen LogP contribution in [0.5, 0.6) is 5.75 Å². The number of rotatable bonds is 3. The maximum atomic E-state index is 11.6. The molecule has 3 heterocycles. The minimum Gasteiger partial charge on any atom is -0.497 e. The van der Waals surface area contributed by atoms with Crippen LogP contribution in [-0.2, 0) is 30.1 Å². The number of hydrogen-bond acceptors (Lipinski definition) is 7. The molecule has 158 valence electrons. The zero-order valence-corrected chi connectivity index (χ0v) is 17.4. The number of aliphatic hydroxyl groups is 1. The Morgan fingerprint density at radius 2 is 1.76 bits per heavy atom. The Morgan fingerprint density at radius 1 is 1.03 bits per heavy atom. The lowest BCUT2D eigenvalue weighted by Crippen LogP contribution is -2.53. The molecule has 1 aromatic rings. The van der Waals surface area contributed by atoms with Crippen molar-refractivity contribution in [3.05, 3.63) is 29.8 Å². The normalized spacial score (nSPS) is 37.0. The van der Waals surface area contributed by atoms with Crippen LogP contribution in [-0.4, -0.2) is 60.6 Å². The molecule has 0 bridgehead atoms. The van der Waals surface area contributed by atoms with Gasteiger partial charge in [0.05, 0.1) is 13.7 Å². The van der Waals surface area contributed by atoms with Crippen molar-refractivity contribution in [3.63, 3.8) is 0 Å². The summed E-state index contributed by atoms with van der Waals surface area (Å²) in [6.07, 6.45) is -2.22. The van der Waals surface area contributed by atoms with Crippen LogP contribution in [0.2, 0.25) is 0 Å². The highest BCUT2D eigenvalue weighted by molar-refractivity contribution is 5.32. The highest BCUT2D eigenvalue weighted by Gasteiger charge is 2.65.